The molecule has 0 spiro atoms. The molecule has 2 rings (SSSR count). The van der Waals surface area contributed by atoms with Crippen molar-refractivity contribution in [3.05, 3.63) is 65.2 Å². The average molecular weight is 655 g/mol. The zero-order chi connectivity index (χ0) is 31.6. The highest BCUT2D eigenvalue weighted by atomic mass is 35.5. The Morgan fingerprint density at radius 3 is 1.82 bits per heavy atom. The first-order chi connectivity index (χ1) is 21.6. The smallest absolute Gasteiger partial charge is 0.401 e. The number of unbranched alkanes of at least 4 members (excludes halogenated alkanes) is 15. The van der Waals surface area contributed by atoms with Gasteiger partial charge in [-0.15, -0.1) is 4.67 Å². The van der Waals surface area contributed by atoms with Gasteiger partial charge in [0, 0.05) is 6.61 Å². The van der Waals surface area contributed by atoms with Crippen molar-refractivity contribution in [2.24, 2.45) is 0 Å². The fourth-order valence-corrected chi connectivity index (χ4v) is 6.15. The Labute approximate surface area is 271 Å². The van der Waals surface area contributed by atoms with Gasteiger partial charge >= 0.3 is 7.82 Å². The maximum atomic E-state index is 13.2. The first kappa shape index (κ1) is 38.7. The summed E-state index contributed by atoms with van der Waals surface area (Å²) in [6, 6.07) is 16.5. The summed E-state index contributed by atoms with van der Waals surface area (Å²) in [5.41, 5.74) is 1.01. The second-order valence-corrected chi connectivity index (χ2v) is 13.2. The minimum absolute atomic E-state index is 0.0864. The highest BCUT2D eigenvalue weighted by molar-refractivity contribution is 7.48. The molecule has 0 N–H and O–H groups in total. The third-order valence-corrected chi connectivity index (χ3v) is 8.94. The van der Waals surface area contributed by atoms with Crippen molar-refractivity contribution >= 4 is 19.4 Å². The van der Waals surface area contributed by atoms with Crippen LogP contribution < -0.4 is 4.52 Å². The lowest BCUT2D eigenvalue weighted by Crippen LogP contribution is -2.26. The first-order valence-corrected chi connectivity index (χ1v) is 18.5. The average Bonchev–Trinajstić information content (AvgIpc) is 3.03. The molecule has 0 aliphatic heterocycles. The number of hydrogen-bond acceptors (Lipinski definition) is 7. The minimum atomic E-state index is -4.14. The van der Waals surface area contributed by atoms with E-state index < -0.39 is 13.9 Å². The summed E-state index contributed by atoms with van der Waals surface area (Å²) in [4.78, 5) is 4.65. The van der Waals surface area contributed by atoms with Crippen LogP contribution in [0.3, 0.4) is 0 Å². The van der Waals surface area contributed by atoms with Gasteiger partial charge < -0.3 is 14.0 Å². The SMILES string of the molecule is CCCCCCCCCCCCCCCCCCOC[C@H](COP(=O)(OOC)Oc1ccccc1Cl)OCc1ccccc1. The standard InChI is InChI=1S/C35H56ClO7P/c1-3-4-5-6-7-8-9-10-11-12-13-14-15-16-17-23-28-39-30-33(40-29-32-24-19-18-20-25-32)31-41-44(37,43-38-2)42-35-27-22-21-26-34(35)36/h18-22,24-27,33H,3-17,23,28-31H2,1-2H3/t33-,44?/m1/s1. The van der Waals surface area contributed by atoms with Crippen LogP contribution >= 0.6 is 19.4 Å². The van der Waals surface area contributed by atoms with E-state index in [0.29, 0.717) is 13.2 Å². The van der Waals surface area contributed by atoms with E-state index >= 15 is 0 Å². The molecule has 0 fully saturated rings. The number of phosphoric ester groups is 1. The van der Waals surface area contributed by atoms with Crippen molar-refractivity contribution in [3.63, 3.8) is 0 Å². The molecule has 0 aromatic heterocycles. The molecule has 7 nitrogen and oxygen atoms in total. The minimum Gasteiger partial charge on any atom is -0.401 e. The van der Waals surface area contributed by atoms with E-state index in [1.807, 2.05) is 30.3 Å². The summed E-state index contributed by atoms with van der Waals surface area (Å²) in [5, 5.41) is 0.273. The van der Waals surface area contributed by atoms with Crippen LogP contribution in [-0.2, 0) is 34.7 Å². The maximum Gasteiger partial charge on any atom is 0.557 e. The number of phosphoric acid groups is 1. The van der Waals surface area contributed by atoms with Crippen molar-refractivity contribution in [3.8, 4) is 5.75 Å². The molecule has 2 aromatic carbocycles. The normalized spacial score (nSPS) is 13.5. The molecule has 2 atom stereocenters. The molecule has 44 heavy (non-hydrogen) atoms. The topological polar surface area (TPSA) is 72.5 Å². The Morgan fingerprint density at radius 2 is 1.25 bits per heavy atom. The van der Waals surface area contributed by atoms with Gasteiger partial charge in [-0.05, 0) is 24.1 Å². The number of rotatable bonds is 29. The molecule has 0 aliphatic rings. The summed E-state index contributed by atoms with van der Waals surface area (Å²) in [7, 11) is -2.91. The summed E-state index contributed by atoms with van der Waals surface area (Å²) < 4.78 is 41.2. The fraction of sp³-hybridized carbons (Fsp3) is 0.657. The lowest BCUT2D eigenvalue weighted by Gasteiger charge is -2.22. The monoisotopic (exact) mass is 654 g/mol. The van der Waals surface area contributed by atoms with Crippen molar-refractivity contribution in [1.82, 2.24) is 0 Å². The van der Waals surface area contributed by atoms with Gasteiger partial charge in [-0.2, -0.15) is 0 Å². The third kappa shape index (κ3) is 19.2. The van der Waals surface area contributed by atoms with Crippen molar-refractivity contribution in [2.75, 3.05) is 26.9 Å². The van der Waals surface area contributed by atoms with Crippen molar-refractivity contribution in [1.29, 1.82) is 0 Å². The van der Waals surface area contributed by atoms with Gasteiger partial charge in [-0.3, -0.25) is 4.52 Å². The van der Waals surface area contributed by atoms with E-state index in [1.54, 1.807) is 24.3 Å². The molecule has 250 valence electrons. The number of para-hydroxylation sites is 1. The van der Waals surface area contributed by atoms with E-state index in [2.05, 4.69) is 11.8 Å². The van der Waals surface area contributed by atoms with E-state index in [4.69, 9.17) is 34.8 Å². The predicted octanol–water partition coefficient (Wildman–Crippen LogP) is 11.3. The second kappa shape index (κ2) is 25.7. The van der Waals surface area contributed by atoms with Crippen LogP contribution in [0.15, 0.2) is 54.6 Å². The van der Waals surface area contributed by atoms with E-state index in [9.17, 15) is 4.57 Å². The Bertz CT molecular complexity index is 994. The van der Waals surface area contributed by atoms with Crippen molar-refractivity contribution < 1.29 is 32.6 Å². The molecule has 0 heterocycles. The van der Waals surface area contributed by atoms with Crippen molar-refractivity contribution in [2.45, 2.75) is 122 Å². The van der Waals surface area contributed by atoms with Gasteiger partial charge in [-0.1, -0.05) is 157 Å². The van der Waals surface area contributed by atoms with Gasteiger partial charge in [-0.25, -0.2) is 9.45 Å². The lowest BCUT2D eigenvalue weighted by atomic mass is 10.0. The molecular weight excluding hydrogens is 599 g/mol. The van der Waals surface area contributed by atoms with Gasteiger partial charge in [0.05, 0.1) is 32.0 Å². The van der Waals surface area contributed by atoms with E-state index in [0.717, 1.165) is 18.4 Å². The molecule has 0 amide bonds. The van der Waals surface area contributed by atoms with Crippen LogP contribution in [0, 0.1) is 0 Å². The summed E-state index contributed by atoms with van der Waals surface area (Å²) in [5.74, 6) is 0.163. The first-order valence-electron chi connectivity index (χ1n) is 16.7. The van der Waals surface area contributed by atoms with Gasteiger partial charge in [0.25, 0.3) is 0 Å². The molecule has 0 saturated carbocycles. The van der Waals surface area contributed by atoms with Gasteiger partial charge in [0.2, 0.25) is 0 Å². The second-order valence-electron chi connectivity index (χ2n) is 11.3. The van der Waals surface area contributed by atoms with Crippen LogP contribution in [0.5, 0.6) is 5.75 Å². The summed E-state index contributed by atoms with van der Waals surface area (Å²) in [6.45, 7) is 3.46. The Kier molecular flexibility index (Phi) is 22.6. The zero-order valence-corrected chi connectivity index (χ0v) is 28.7. The Balaban J connectivity index is 1.62. The van der Waals surface area contributed by atoms with Gasteiger partial charge in [0.15, 0.2) is 0 Å². The van der Waals surface area contributed by atoms with Crippen LogP contribution in [-0.4, -0.2) is 33.0 Å². The summed E-state index contributed by atoms with van der Waals surface area (Å²) >= 11 is 6.16. The van der Waals surface area contributed by atoms with E-state index in [-0.39, 0.29) is 24.0 Å². The summed E-state index contributed by atoms with van der Waals surface area (Å²) in [6.07, 6.45) is 20.8. The molecule has 0 bridgehead atoms. The molecule has 0 saturated heterocycles. The number of benzene rings is 2. The maximum absolute atomic E-state index is 13.2. The quantitative estimate of drug-likeness (QED) is 0.0374. The number of halogens is 1. The van der Waals surface area contributed by atoms with E-state index in [1.165, 1.54) is 97.0 Å². The van der Waals surface area contributed by atoms with Crippen LogP contribution in [0.1, 0.15) is 115 Å². The largest absolute Gasteiger partial charge is 0.557 e. The van der Waals surface area contributed by atoms with Crippen LogP contribution in [0.4, 0.5) is 0 Å². The molecule has 9 heteroatoms. The fourth-order valence-electron chi connectivity index (χ4n) is 4.87. The predicted molar refractivity (Wildman–Crippen MR) is 179 cm³/mol. The molecule has 0 radical (unpaired) electrons. The highest BCUT2D eigenvalue weighted by Crippen LogP contribution is 2.51. The molecule has 1 unspecified atom stereocenters. The zero-order valence-electron chi connectivity index (χ0n) is 27.1. The Hall–Kier alpha value is -1.44. The molecule has 0 aliphatic carbocycles. The third-order valence-electron chi connectivity index (χ3n) is 7.41. The Morgan fingerprint density at radius 1 is 0.705 bits per heavy atom. The van der Waals surface area contributed by atoms with Gasteiger partial charge in [0.1, 0.15) is 11.9 Å². The molecule has 2 aromatic rings. The molecular formula is C35H56ClO7P. The highest BCUT2D eigenvalue weighted by Gasteiger charge is 2.32. The van der Waals surface area contributed by atoms with Crippen LogP contribution in [0.2, 0.25) is 5.02 Å². The van der Waals surface area contributed by atoms with Crippen LogP contribution in [0.25, 0.3) is 0 Å². The lowest BCUT2D eigenvalue weighted by molar-refractivity contribution is -0.198. The number of hydrogen-bond donors (Lipinski definition) is 0. The number of ether oxygens (including phenoxy) is 2.